The zero-order valence-corrected chi connectivity index (χ0v) is 13.8. The number of hydrogen-bond donors (Lipinski definition) is 0. The molecule has 4 nitrogen and oxygen atoms in total. The summed E-state index contributed by atoms with van der Waals surface area (Å²) in [5.41, 5.74) is 0.981. The van der Waals surface area contributed by atoms with Crippen LogP contribution < -0.4 is 9.47 Å². The third-order valence-electron chi connectivity index (χ3n) is 2.94. The molecule has 114 valence electrons. The van der Waals surface area contributed by atoms with Crippen LogP contribution in [-0.4, -0.2) is 18.4 Å². The van der Waals surface area contributed by atoms with E-state index in [9.17, 15) is 9.59 Å². The largest absolute Gasteiger partial charge is 0.493 e. The summed E-state index contributed by atoms with van der Waals surface area (Å²) in [6, 6.07) is 11.4. The van der Waals surface area contributed by atoms with Crippen molar-refractivity contribution >= 4 is 27.7 Å². The molecule has 0 saturated carbocycles. The van der Waals surface area contributed by atoms with Gasteiger partial charge in [-0.05, 0) is 72.2 Å². The predicted molar refractivity (Wildman–Crippen MR) is 86.7 cm³/mol. The van der Waals surface area contributed by atoms with E-state index in [4.69, 9.17) is 9.47 Å². The fraction of sp³-hybridized carbons (Fsp3) is 0.176. The summed E-state index contributed by atoms with van der Waals surface area (Å²) in [6.45, 7) is 3.92. The van der Waals surface area contributed by atoms with Crippen LogP contribution in [0.1, 0.15) is 34.6 Å². The van der Waals surface area contributed by atoms with Crippen LogP contribution in [0, 0.1) is 0 Å². The maximum atomic E-state index is 12.1. The maximum absolute atomic E-state index is 12.1. The molecular formula is C17H15BrO4. The number of ether oxygens (including phenoxy) is 2. The SMILES string of the molecule is CCOc1ccc(C(=O)Oc2ccc(C(C)=O)cc2)cc1Br. The lowest BCUT2D eigenvalue weighted by molar-refractivity contribution is 0.0734. The lowest BCUT2D eigenvalue weighted by Crippen LogP contribution is -2.09. The van der Waals surface area contributed by atoms with Gasteiger partial charge in [0.1, 0.15) is 11.5 Å². The van der Waals surface area contributed by atoms with E-state index < -0.39 is 5.97 Å². The van der Waals surface area contributed by atoms with Gasteiger partial charge in [0.2, 0.25) is 0 Å². The highest BCUT2D eigenvalue weighted by Crippen LogP contribution is 2.26. The van der Waals surface area contributed by atoms with Gasteiger partial charge in [-0.3, -0.25) is 4.79 Å². The first-order valence-electron chi connectivity index (χ1n) is 6.76. The van der Waals surface area contributed by atoms with Crippen LogP contribution in [0.15, 0.2) is 46.9 Å². The van der Waals surface area contributed by atoms with E-state index in [1.165, 1.54) is 6.92 Å². The summed E-state index contributed by atoms with van der Waals surface area (Å²) in [5.74, 6) is 0.553. The summed E-state index contributed by atoms with van der Waals surface area (Å²) in [7, 11) is 0. The molecule has 0 saturated heterocycles. The van der Waals surface area contributed by atoms with Crippen molar-refractivity contribution in [3.05, 3.63) is 58.1 Å². The van der Waals surface area contributed by atoms with Crippen LogP contribution in [0.5, 0.6) is 11.5 Å². The van der Waals surface area contributed by atoms with Crippen molar-refractivity contribution in [1.82, 2.24) is 0 Å². The molecule has 2 aromatic carbocycles. The van der Waals surface area contributed by atoms with E-state index in [1.54, 1.807) is 42.5 Å². The average Bonchev–Trinajstić information content (AvgIpc) is 2.50. The van der Waals surface area contributed by atoms with Gasteiger partial charge in [0.15, 0.2) is 5.78 Å². The van der Waals surface area contributed by atoms with Crippen molar-refractivity contribution < 1.29 is 19.1 Å². The Kier molecular flexibility index (Phi) is 5.33. The van der Waals surface area contributed by atoms with Crippen LogP contribution in [0.2, 0.25) is 0 Å². The topological polar surface area (TPSA) is 52.6 Å². The average molecular weight is 363 g/mol. The Morgan fingerprint density at radius 3 is 2.23 bits per heavy atom. The van der Waals surface area contributed by atoms with Gasteiger partial charge in [-0.25, -0.2) is 4.79 Å². The molecule has 2 aromatic rings. The fourth-order valence-electron chi connectivity index (χ4n) is 1.82. The Bertz CT molecular complexity index is 692. The Balaban J connectivity index is 2.11. The molecule has 22 heavy (non-hydrogen) atoms. The second-order valence-electron chi connectivity index (χ2n) is 4.55. The van der Waals surface area contributed by atoms with Crippen LogP contribution in [-0.2, 0) is 0 Å². The first-order chi connectivity index (χ1) is 10.5. The third-order valence-corrected chi connectivity index (χ3v) is 3.56. The van der Waals surface area contributed by atoms with Gasteiger partial charge in [-0.15, -0.1) is 0 Å². The molecule has 5 heteroatoms. The predicted octanol–water partition coefficient (Wildman–Crippen LogP) is 4.27. The molecule has 0 aliphatic carbocycles. The Morgan fingerprint density at radius 1 is 1.05 bits per heavy atom. The third kappa shape index (κ3) is 3.95. The number of halogens is 1. The fourth-order valence-corrected chi connectivity index (χ4v) is 2.32. The Hall–Kier alpha value is -2.14. The van der Waals surface area contributed by atoms with Crippen LogP contribution >= 0.6 is 15.9 Å². The van der Waals surface area contributed by atoms with Gasteiger partial charge >= 0.3 is 5.97 Å². The van der Waals surface area contributed by atoms with Crippen molar-refractivity contribution in [3.8, 4) is 11.5 Å². The molecule has 0 amide bonds. The molecule has 0 spiro atoms. The van der Waals surface area contributed by atoms with E-state index in [-0.39, 0.29) is 5.78 Å². The second kappa shape index (κ2) is 7.22. The normalized spacial score (nSPS) is 10.1. The molecule has 0 unspecified atom stereocenters. The summed E-state index contributed by atoms with van der Waals surface area (Å²) in [5, 5.41) is 0. The molecule has 0 fully saturated rings. The van der Waals surface area contributed by atoms with Crippen LogP contribution in [0.3, 0.4) is 0 Å². The second-order valence-corrected chi connectivity index (χ2v) is 5.40. The van der Waals surface area contributed by atoms with Gasteiger partial charge in [0.25, 0.3) is 0 Å². The molecule has 0 bridgehead atoms. The van der Waals surface area contributed by atoms with Gasteiger partial charge in [-0.1, -0.05) is 0 Å². The number of esters is 1. The standard InChI is InChI=1S/C17H15BrO4/c1-3-21-16-9-6-13(10-15(16)18)17(20)22-14-7-4-12(5-8-14)11(2)19/h4-10H,3H2,1-2H3. The maximum Gasteiger partial charge on any atom is 0.343 e. The number of benzene rings is 2. The molecule has 0 radical (unpaired) electrons. The van der Waals surface area contributed by atoms with Crippen molar-refractivity contribution in [1.29, 1.82) is 0 Å². The van der Waals surface area contributed by atoms with Gasteiger partial charge in [0.05, 0.1) is 16.6 Å². The first-order valence-corrected chi connectivity index (χ1v) is 7.56. The number of carbonyl (C=O) groups excluding carboxylic acids is 2. The zero-order chi connectivity index (χ0) is 16.1. The molecule has 2 rings (SSSR count). The van der Waals surface area contributed by atoms with Gasteiger partial charge in [0, 0.05) is 5.56 Å². The first kappa shape index (κ1) is 16.2. The molecule has 0 heterocycles. The Labute approximate surface area is 137 Å². The summed E-state index contributed by atoms with van der Waals surface area (Å²) in [6.07, 6.45) is 0. The molecule has 0 aromatic heterocycles. The minimum atomic E-state index is -0.473. The highest BCUT2D eigenvalue weighted by Gasteiger charge is 2.12. The van der Waals surface area contributed by atoms with Crippen molar-refractivity contribution in [3.63, 3.8) is 0 Å². The summed E-state index contributed by atoms with van der Waals surface area (Å²) in [4.78, 5) is 23.3. The Morgan fingerprint density at radius 2 is 1.68 bits per heavy atom. The number of rotatable bonds is 5. The van der Waals surface area contributed by atoms with Crippen molar-refractivity contribution in [2.45, 2.75) is 13.8 Å². The lowest BCUT2D eigenvalue weighted by atomic mass is 10.1. The van der Waals surface area contributed by atoms with Gasteiger partial charge < -0.3 is 9.47 Å². The van der Waals surface area contributed by atoms with Crippen LogP contribution in [0.25, 0.3) is 0 Å². The molecule has 0 aliphatic heterocycles. The number of carbonyl (C=O) groups is 2. The zero-order valence-electron chi connectivity index (χ0n) is 12.3. The van der Waals surface area contributed by atoms with Crippen molar-refractivity contribution in [2.24, 2.45) is 0 Å². The molecule has 0 atom stereocenters. The highest BCUT2D eigenvalue weighted by atomic mass is 79.9. The van der Waals surface area contributed by atoms with Crippen molar-refractivity contribution in [2.75, 3.05) is 6.61 Å². The lowest BCUT2D eigenvalue weighted by Gasteiger charge is -2.08. The number of Topliss-reactive ketones (excluding diaryl/α,β-unsaturated/α-hetero) is 1. The minimum Gasteiger partial charge on any atom is -0.493 e. The number of ketones is 1. The molecule has 0 aliphatic rings. The molecular weight excluding hydrogens is 348 g/mol. The monoisotopic (exact) mass is 362 g/mol. The number of hydrogen-bond acceptors (Lipinski definition) is 4. The quantitative estimate of drug-likeness (QED) is 0.452. The molecule has 0 N–H and O–H groups in total. The van der Waals surface area contributed by atoms with E-state index >= 15 is 0 Å². The van der Waals surface area contributed by atoms with E-state index in [1.807, 2.05) is 6.92 Å². The smallest absolute Gasteiger partial charge is 0.343 e. The summed E-state index contributed by atoms with van der Waals surface area (Å²) >= 11 is 3.36. The van der Waals surface area contributed by atoms with Gasteiger partial charge in [-0.2, -0.15) is 0 Å². The minimum absolute atomic E-state index is 0.0340. The van der Waals surface area contributed by atoms with E-state index in [0.29, 0.717) is 33.7 Å². The van der Waals surface area contributed by atoms with E-state index in [0.717, 1.165) is 0 Å². The van der Waals surface area contributed by atoms with Crippen LogP contribution in [0.4, 0.5) is 0 Å². The highest BCUT2D eigenvalue weighted by molar-refractivity contribution is 9.10. The summed E-state index contributed by atoms with van der Waals surface area (Å²) < 4.78 is 11.4. The van der Waals surface area contributed by atoms with E-state index in [2.05, 4.69) is 15.9 Å².